The van der Waals surface area contributed by atoms with Crippen molar-refractivity contribution in [3.05, 3.63) is 40.7 Å². The number of halogens is 1. The molecule has 2 rings (SSSR count). The summed E-state index contributed by atoms with van der Waals surface area (Å²) in [4.78, 5) is 15.1. The number of rotatable bonds is 3. The van der Waals surface area contributed by atoms with Crippen molar-refractivity contribution >= 4 is 17.3 Å². The number of nitrogens with zero attached hydrogens (tertiary/aromatic N) is 1. The van der Waals surface area contributed by atoms with Crippen LogP contribution in [-0.2, 0) is 4.79 Å². The van der Waals surface area contributed by atoms with Crippen LogP contribution >= 0.6 is 11.3 Å². The van der Waals surface area contributed by atoms with Crippen LogP contribution in [0.3, 0.4) is 0 Å². The van der Waals surface area contributed by atoms with E-state index in [9.17, 15) is 9.18 Å². The fraction of sp³-hybridized carbons (Fsp3) is 0.231. The first-order valence-corrected chi connectivity index (χ1v) is 6.31. The van der Waals surface area contributed by atoms with Crippen molar-refractivity contribution < 1.29 is 14.3 Å². The fourth-order valence-corrected chi connectivity index (χ4v) is 2.42. The number of thiazole rings is 1. The number of hydrogen-bond donors (Lipinski definition) is 1. The van der Waals surface area contributed by atoms with Crippen molar-refractivity contribution in [1.82, 2.24) is 4.98 Å². The van der Waals surface area contributed by atoms with E-state index in [0.29, 0.717) is 16.1 Å². The minimum Gasteiger partial charge on any atom is -0.481 e. The van der Waals surface area contributed by atoms with Gasteiger partial charge < -0.3 is 5.11 Å². The van der Waals surface area contributed by atoms with Crippen LogP contribution < -0.4 is 0 Å². The first-order valence-electron chi connectivity index (χ1n) is 5.44. The molecule has 0 radical (unpaired) electrons. The van der Waals surface area contributed by atoms with E-state index in [1.165, 1.54) is 24.3 Å². The topological polar surface area (TPSA) is 50.2 Å². The van der Waals surface area contributed by atoms with Gasteiger partial charge in [-0.1, -0.05) is 6.07 Å². The Balaban J connectivity index is 2.39. The number of carboxylic acid groups (broad SMARTS) is 1. The van der Waals surface area contributed by atoms with Gasteiger partial charge in [-0.15, -0.1) is 11.3 Å². The van der Waals surface area contributed by atoms with Gasteiger partial charge in [0.2, 0.25) is 0 Å². The van der Waals surface area contributed by atoms with Gasteiger partial charge >= 0.3 is 5.97 Å². The normalized spacial score (nSPS) is 12.4. The predicted octanol–water partition coefficient (Wildman–Crippen LogP) is 3.45. The second-order valence-electron chi connectivity index (χ2n) is 4.09. The van der Waals surface area contributed by atoms with Gasteiger partial charge in [0.15, 0.2) is 0 Å². The van der Waals surface area contributed by atoms with E-state index < -0.39 is 17.7 Å². The van der Waals surface area contributed by atoms with E-state index in [0.717, 1.165) is 5.69 Å². The molecule has 0 fully saturated rings. The second kappa shape index (κ2) is 4.86. The van der Waals surface area contributed by atoms with Crippen LogP contribution in [0.4, 0.5) is 4.39 Å². The number of benzene rings is 1. The zero-order valence-electron chi connectivity index (χ0n) is 9.98. The van der Waals surface area contributed by atoms with E-state index in [2.05, 4.69) is 4.98 Å². The molecule has 0 saturated carbocycles. The quantitative estimate of drug-likeness (QED) is 0.924. The van der Waals surface area contributed by atoms with Crippen molar-refractivity contribution in [1.29, 1.82) is 0 Å². The van der Waals surface area contributed by atoms with E-state index in [1.807, 2.05) is 12.3 Å². The molecule has 0 aliphatic carbocycles. The number of aryl methyl sites for hydroxylation is 1. The SMILES string of the molecule is Cc1csc(-c2ccc(C(C)C(=O)O)cc2F)n1. The average molecular weight is 265 g/mol. The maximum atomic E-state index is 13.9. The second-order valence-corrected chi connectivity index (χ2v) is 4.95. The first-order chi connectivity index (χ1) is 8.49. The Morgan fingerprint density at radius 1 is 1.50 bits per heavy atom. The molecule has 3 nitrogen and oxygen atoms in total. The molecule has 94 valence electrons. The van der Waals surface area contributed by atoms with Gasteiger partial charge in [0.1, 0.15) is 10.8 Å². The molecule has 1 heterocycles. The Hall–Kier alpha value is -1.75. The Labute approximate surface area is 108 Å². The van der Waals surface area contributed by atoms with Crippen molar-refractivity contribution in [3.63, 3.8) is 0 Å². The minimum atomic E-state index is -0.966. The van der Waals surface area contributed by atoms with Crippen molar-refractivity contribution in [2.75, 3.05) is 0 Å². The summed E-state index contributed by atoms with van der Waals surface area (Å²) in [5.74, 6) is -2.12. The van der Waals surface area contributed by atoms with E-state index in [-0.39, 0.29) is 0 Å². The number of aromatic nitrogens is 1. The fourth-order valence-electron chi connectivity index (χ4n) is 1.59. The molecule has 5 heteroatoms. The molecular formula is C13H12FNO2S. The molecule has 18 heavy (non-hydrogen) atoms. The largest absolute Gasteiger partial charge is 0.481 e. The van der Waals surface area contributed by atoms with Crippen LogP contribution in [0.2, 0.25) is 0 Å². The van der Waals surface area contributed by atoms with E-state index in [1.54, 1.807) is 12.1 Å². The summed E-state index contributed by atoms with van der Waals surface area (Å²) >= 11 is 1.37. The Morgan fingerprint density at radius 2 is 2.22 bits per heavy atom. The number of carbonyl (C=O) groups is 1. The summed E-state index contributed by atoms with van der Waals surface area (Å²) in [6.07, 6.45) is 0. The summed E-state index contributed by atoms with van der Waals surface area (Å²) in [5, 5.41) is 11.3. The first kappa shape index (κ1) is 12.7. The smallest absolute Gasteiger partial charge is 0.310 e. The van der Waals surface area contributed by atoms with Gasteiger partial charge in [-0.25, -0.2) is 9.37 Å². The summed E-state index contributed by atoms with van der Waals surface area (Å²) in [6.45, 7) is 3.38. The summed E-state index contributed by atoms with van der Waals surface area (Å²) in [5.41, 5.74) is 1.71. The maximum Gasteiger partial charge on any atom is 0.310 e. The molecule has 0 saturated heterocycles. The van der Waals surface area contributed by atoms with Crippen molar-refractivity contribution in [3.8, 4) is 10.6 Å². The zero-order valence-corrected chi connectivity index (χ0v) is 10.8. The molecule has 0 aliphatic heterocycles. The zero-order chi connectivity index (χ0) is 13.3. The van der Waals surface area contributed by atoms with Crippen LogP contribution in [-0.4, -0.2) is 16.1 Å². The van der Waals surface area contributed by atoms with Gasteiger partial charge in [0.05, 0.1) is 5.92 Å². The van der Waals surface area contributed by atoms with Crippen molar-refractivity contribution in [2.24, 2.45) is 0 Å². The van der Waals surface area contributed by atoms with Crippen molar-refractivity contribution in [2.45, 2.75) is 19.8 Å². The molecule has 1 unspecified atom stereocenters. The molecule has 0 aliphatic rings. The molecule has 0 bridgehead atoms. The lowest BCUT2D eigenvalue weighted by atomic mass is 10.00. The Bertz CT molecular complexity index is 594. The summed E-state index contributed by atoms with van der Waals surface area (Å²) in [6, 6.07) is 4.49. The molecular weight excluding hydrogens is 253 g/mol. The van der Waals surface area contributed by atoms with Crippen LogP contribution in [0.15, 0.2) is 23.6 Å². The molecule has 1 aromatic carbocycles. The minimum absolute atomic E-state index is 0.412. The number of carboxylic acids is 1. The highest BCUT2D eigenvalue weighted by molar-refractivity contribution is 7.13. The summed E-state index contributed by atoms with van der Waals surface area (Å²) in [7, 11) is 0. The van der Waals surface area contributed by atoms with Gasteiger partial charge in [-0.05, 0) is 31.5 Å². The maximum absolute atomic E-state index is 13.9. The van der Waals surface area contributed by atoms with Gasteiger partial charge in [-0.2, -0.15) is 0 Å². The Kier molecular flexibility index (Phi) is 3.43. The van der Waals surface area contributed by atoms with Gasteiger partial charge in [0.25, 0.3) is 0 Å². The monoisotopic (exact) mass is 265 g/mol. The lowest BCUT2D eigenvalue weighted by Gasteiger charge is -2.08. The third-order valence-electron chi connectivity index (χ3n) is 2.71. The number of aliphatic carboxylic acids is 1. The third kappa shape index (κ3) is 2.41. The summed E-state index contributed by atoms with van der Waals surface area (Å²) < 4.78 is 13.9. The highest BCUT2D eigenvalue weighted by Gasteiger charge is 2.16. The molecule has 1 aromatic heterocycles. The molecule has 1 N–H and O–H groups in total. The third-order valence-corrected chi connectivity index (χ3v) is 3.71. The average Bonchev–Trinajstić information content (AvgIpc) is 2.74. The van der Waals surface area contributed by atoms with Crippen LogP contribution in [0.1, 0.15) is 24.1 Å². The predicted molar refractivity (Wildman–Crippen MR) is 68.3 cm³/mol. The number of hydrogen-bond acceptors (Lipinski definition) is 3. The van der Waals surface area contributed by atoms with E-state index >= 15 is 0 Å². The molecule has 1 atom stereocenters. The van der Waals surface area contributed by atoms with E-state index in [4.69, 9.17) is 5.11 Å². The molecule has 0 spiro atoms. The molecule has 2 aromatic rings. The highest BCUT2D eigenvalue weighted by Crippen LogP contribution is 2.28. The van der Waals surface area contributed by atoms with Crippen LogP contribution in [0.5, 0.6) is 0 Å². The van der Waals surface area contributed by atoms with Gasteiger partial charge in [-0.3, -0.25) is 4.79 Å². The van der Waals surface area contributed by atoms with Gasteiger partial charge in [0, 0.05) is 16.6 Å². The standard InChI is InChI=1S/C13H12FNO2S/c1-7-6-18-12(15-7)10-4-3-9(5-11(10)14)8(2)13(16)17/h3-6,8H,1-2H3,(H,16,17). The Morgan fingerprint density at radius 3 is 2.72 bits per heavy atom. The highest BCUT2D eigenvalue weighted by atomic mass is 32.1. The lowest BCUT2D eigenvalue weighted by molar-refractivity contribution is -0.138. The van der Waals surface area contributed by atoms with Crippen LogP contribution in [0.25, 0.3) is 10.6 Å². The molecule has 0 amide bonds. The van der Waals surface area contributed by atoms with Crippen LogP contribution in [0, 0.1) is 12.7 Å². The lowest BCUT2D eigenvalue weighted by Crippen LogP contribution is -2.07.